The minimum absolute atomic E-state index is 0.291. The molecule has 5 heteroatoms. The van der Waals surface area contributed by atoms with Crippen LogP contribution in [0.25, 0.3) is 0 Å². The second kappa shape index (κ2) is 5.52. The molecular formula is C15H12Cl2O3. The number of hydrogen-bond donors (Lipinski definition) is 1. The highest BCUT2D eigenvalue weighted by Gasteiger charge is 2.22. The van der Waals surface area contributed by atoms with Gasteiger partial charge in [-0.3, -0.25) is 0 Å². The van der Waals surface area contributed by atoms with Crippen LogP contribution in [0, 0.1) is 0 Å². The van der Waals surface area contributed by atoms with Gasteiger partial charge in [0.15, 0.2) is 0 Å². The van der Waals surface area contributed by atoms with E-state index in [4.69, 9.17) is 32.7 Å². The van der Waals surface area contributed by atoms with Crippen LogP contribution in [-0.4, -0.2) is 11.7 Å². The van der Waals surface area contributed by atoms with Gasteiger partial charge in [0.2, 0.25) is 0 Å². The predicted molar refractivity (Wildman–Crippen MR) is 77.7 cm³/mol. The molecule has 1 unspecified atom stereocenters. The molecule has 0 aromatic heterocycles. The first kappa shape index (κ1) is 13.6. The van der Waals surface area contributed by atoms with Crippen LogP contribution < -0.4 is 9.47 Å². The molecule has 1 aliphatic heterocycles. The van der Waals surface area contributed by atoms with Gasteiger partial charge in [0, 0.05) is 17.2 Å². The highest BCUT2D eigenvalue weighted by atomic mass is 35.5. The van der Waals surface area contributed by atoms with Crippen LogP contribution in [0.1, 0.15) is 17.2 Å². The molecule has 0 bridgehead atoms. The third-order valence-electron chi connectivity index (χ3n) is 3.17. The van der Waals surface area contributed by atoms with Crippen molar-refractivity contribution in [3.8, 4) is 11.5 Å². The van der Waals surface area contributed by atoms with E-state index in [0.29, 0.717) is 34.8 Å². The highest BCUT2D eigenvalue weighted by Crippen LogP contribution is 2.35. The Morgan fingerprint density at radius 1 is 1.25 bits per heavy atom. The molecule has 0 spiro atoms. The summed E-state index contributed by atoms with van der Waals surface area (Å²) in [6.07, 6.45) is -0.554. The van der Waals surface area contributed by atoms with E-state index in [2.05, 4.69) is 0 Å². The molecule has 1 aliphatic rings. The first-order valence-electron chi connectivity index (χ1n) is 6.15. The number of aliphatic hydroxyl groups is 1. The molecule has 1 atom stereocenters. The fourth-order valence-electron chi connectivity index (χ4n) is 2.08. The number of aliphatic hydroxyl groups excluding tert-OH is 1. The summed E-state index contributed by atoms with van der Waals surface area (Å²) in [6.45, 7) is 0.611. The Balaban J connectivity index is 1.74. The minimum Gasteiger partial charge on any atom is -0.490 e. The Hall–Kier alpha value is -1.42. The summed E-state index contributed by atoms with van der Waals surface area (Å²) >= 11 is 12.1. The topological polar surface area (TPSA) is 38.7 Å². The standard InChI is InChI=1S/C15H12Cl2O3/c16-12-3-1-2-9(15(12)17)7-19-10-4-5-11-13(18)8-20-14(11)6-10/h1-6,13,18H,7-8H2. The molecule has 0 radical (unpaired) electrons. The van der Waals surface area contributed by atoms with Gasteiger partial charge in [-0.25, -0.2) is 0 Å². The number of fused-ring (bicyclic) bond motifs is 1. The second-order valence-electron chi connectivity index (χ2n) is 4.53. The summed E-state index contributed by atoms with van der Waals surface area (Å²) in [7, 11) is 0. The van der Waals surface area contributed by atoms with E-state index in [1.165, 1.54) is 0 Å². The molecule has 104 valence electrons. The van der Waals surface area contributed by atoms with E-state index in [1.807, 2.05) is 18.2 Å². The van der Waals surface area contributed by atoms with Crippen molar-refractivity contribution in [3.63, 3.8) is 0 Å². The molecule has 0 amide bonds. The summed E-state index contributed by atoms with van der Waals surface area (Å²) in [5.41, 5.74) is 1.61. The zero-order valence-electron chi connectivity index (χ0n) is 10.5. The Labute approximate surface area is 126 Å². The van der Waals surface area contributed by atoms with Gasteiger partial charge >= 0.3 is 0 Å². The quantitative estimate of drug-likeness (QED) is 0.931. The lowest BCUT2D eigenvalue weighted by Gasteiger charge is -2.09. The average Bonchev–Trinajstić information content (AvgIpc) is 2.82. The Morgan fingerprint density at radius 3 is 2.95 bits per heavy atom. The van der Waals surface area contributed by atoms with Crippen LogP contribution in [0.3, 0.4) is 0 Å². The van der Waals surface area contributed by atoms with E-state index in [-0.39, 0.29) is 0 Å². The van der Waals surface area contributed by atoms with Gasteiger partial charge in [-0.05, 0) is 18.2 Å². The van der Waals surface area contributed by atoms with Crippen LogP contribution in [-0.2, 0) is 6.61 Å². The van der Waals surface area contributed by atoms with E-state index >= 15 is 0 Å². The number of rotatable bonds is 3. The maximum atomic E-state index is 9.65. The second-order valence-corrected chi connectivity index (χ2v) is 5.31. The van der Waals surface area contributed by atoms with Crippen molar-refractivity contribution in [2.24, 2.45) is 0 Å². The maximum absolute atomic E-state index is 9.65. The van der Waals surface area contributed by atoms with Crippen molar-refractivity contribution < 1.29 is 14.6 Å². The smallest absolute Gasteiger partial charge is 0.129 e. The molecule has 1 N–H and O–H groups in total. The molecule has 3 nitrogen and oxygen atoms in total. The summed E-state index contributed by atoms with van der Waals surface area (Å²) in [4.78, 5) is 0. The van der Waals surface area contributed by atoms with Crippen LogP contribution in [0.2, 0.25) is 10.0 Å². The molecule has 1 heterocycles. The van der Waals surface area contributed by atoms with Crippen LogP contribution in [0.5, 0.6) is 11.5 Å². The maximum Gasteiger partial charge on any atom is 0.129 e. The monoisotopic (exact) mass is 310 g/mol. The average molecular weight is 311 g/mol. The Bertz CT molecular complexity index is 643. The molecule has 2 aromatic rings. The van der Waals surface area contributed by atoms with Crippen molar-refractivity contribution in [1.82, 2.24) is 0 Å². The van der Waals surface area contributed by atoms with E-state index in [9.17, 15) is 5.11 Å². The molecule has 3 rings (SSSR count). The fraction of sp³-hybridized carbons (Fsp3) is 0.200. The van der Waals surface area contributed by atoms with E-state index in [1.54, 1.807) is 18.2 Å². The van der Waals surface area contributed by atoms with Crippen molar-refractivity contribution in [2.75, 3.05) is 6.61 Å². The lowest BCUT2D eigenvalue weighted by molar-refractivity contribution is 0.140. The zero-order chi connectivity index (χ0) is 14.1. The minimum atomic E-state index is -0.554. The van der Waals surface area contributed by atoms with Gasteiger partial charge in [-0.15, -0.1) is 0 Å². The molecule has 20 heavy (non-hydrogen) atoms. The molecular weight excluding hydrogens is 299 g/mol. The predicted octanol–water partition coefficient (Wildman–Crippen LogP) is 4.00. The van der Waals surface area contributed by atoms with Crippen molar-refractivity contribution >= 4 is 23.2 Å². The van der Waals surface area contributed by atoms with Gasteiger partial charge in [-0.1, -0.05) is 35.3 Å². The number of hydrogen-bond acceptors (Lipinski definition) is 3. The van der Waals surface area contributed by atoms with Gasteiger partial charge in [-0.2, -0.15) is 0 Å². The largest absolute Gasteiger partial charge is 0.490 e. The lowest BCUT2D eigenvalue weighted by atomic mass is 10.1. The van der Waals surface area contributed by atoms with Crippen molar-refractivity contribution in [2.45, 2.75) is 12.7 Å². The number of halogens is 2. The molecule has 0 saturated carbocycles. The van der Waals surface area contributed by atoms with Gasteiger partial charge < -0.3 is 14.6 Å². The first-order valence-corrected chi connectivity index (χ1v) is 6.91. The Morgan fingerprint density at radius 2 is 2.10 bits per heavy atom. The highest BCUT2D eigenvalue weighted by molar-refractivity contribution is 6.42. The SMILES string of the molecule is OC1COc2cc(OCc3cccc(Cl)c3Cl)ccc21. The summed E-state index contributed by atoms with van der Waals surface area (Å²) in [6, 6.07) is 10.8. The number of benzene rings is 2. The lowest BCUT2D eigenvalue weighted by Crippen LogP contribution is -1.97. The van der Waals surface area contributed by atoms with Crippen LogP contribution in [0.4, 0.5) is 0 Å². The Kier molecular flexibility index (Phi) is 3.74. The normalized spacial score (nSPS) is 16.6. The third kappa shape index (κ3) is 2.57. The summed E-state index contributed by atoms with van der Waals surface area (Å²) in [5.74, 6) is 1.32. The van der Waals surface area contributed by atoms with Gasteiger partial charge in [0.25, 0.3) is 0 Å². The van der Waals surface area contributed by atoms with Crippen molar-refractivity contribution in [1.29, 1.82) is 0 Å². The summed E-state index contributed by atoms with van der Waals surface area (Å²) < 4.78 is 11.1. The number of ether oxygens (including phenoxy) is 2. The summed E-state index contributed by atoms with van der Waals surface area (Å²) in [5, 5.41) is 10.7. The molecule has 0 fully saturated rings. The van der Waals surface area contributed by atoms with Crippen LogP contribution in [0.15, 0.2) is 36.4 Å². The van der Waals surface area contributed by atoms with E-state index in [0.717, 1.165) is 11.1 Å². The fourth-order valence-corrected chi connectivity index (χ4v) is 2.46. The van der Waals surface area contributed by atoms with Gasteiger partial charge in [0.1, 0.15) is 30.8 Å². The zero-order valence-corrected chi connectivity index (χ0v) is 12.0. The van der Waals surface area contributed by atoms with E-state index < -0.39 is 6.10 Å². The molecule has 2 aromatic carbocycles. The molecule has 0 aliphatic carbocycles. The molecule has 0 saturated heterocycles. The van der Waals surface area contributed by atoms with Crippen molar-refractivity contribution in [3.05, 3.63) is 57.6 Å². The van der Waals surface area contributed by atoms with Gasteiger partial charge in [0.05, 0.1) is 10.0 Å². The first-order chi connectivity index (χ1) is 9.65. The third-order valence-corrected chi connectivity index (χ3v) is 4.02. The van der Waals surface area contributed by atoms with Crippen LogP contribution >= 0.6 is 23.2 Å².